The van der Waals surface area contributed by atoms with Gasteiger partial charge in [-0.25, -0.2) is 9.59 Å². The highest BCUT2D eigenvalue weighted by Crippen LogP contribution is 2.42. The molecule has 0 spiro atoms. The summed E-state index contributed by atoms with van der Waals surface area (Å²) in [6, 6.07) is 11.9. The van der Waals surface area contributed by atoms with E-state index < -0.39 is 33.2 Å². The van der Waals surface area contributed by atoms with Crippen LogP contribution in [-0.2, 0) is 19.1 Å². The van der Waals surface area contributed by atoms with Gasteiger partial charge in [0.15, 0.2) is 0 Å². The van der Waals surface area contributed by atoms with Gasteiger partial charge in [0.05, 0.1) is 55.0 Å². The molecule has 0 aromatic heterocycles. The van der Waals surface area contributed by atoms with Crippen LogP contribution in [0.4, 0.5) is 39.8 Å². The Morgan fingerprint density at radius 3 is 1.83 bits per heavy atom. The lowest BCUT2D eigenvalue weighted by Gasteiger charge is -2.25. The Balaban J connectivity index is 2.11. The van der Waals surface area contributed by atoms with Crippen LogP contribution in [0.2, 0.25) is 0 Å². The summed E-state index contributed by atoms with van der Waals surface area (Å²) in [5, 5.41) is 32.6. The molecule has 2 atom stereocenters. The van der Waals surface area contributed by atoms with Crippen LogP contribution in [0.3, 0.4) is 0 Å². The second-order valence-electron chi connectivity index (χ2n) is 14.5. The molecule has 18 nitrogen and oxygen atoms in total. The number of ether oxygens (including phenoxy) is 5. The molecule has 0 saturated carbocycles. The Hall–Kier alpha value is -6.72. The molecule has 18 heteroatoms. The summed E-state index contributed by atoms with van der Waals surface area (Å²) >= 11 is 0. The van der Waals surface area contributed by atoms with Crippen LogP contribution in [0.1, 0.15) is 79.1 Å². The number of nitrogens with zero attached hydrogens (tertiary/aromatic N) is 5. The van der Waals surface area contributed by atoms with E-state index in [9.17, 15) is 29.8 Å². The number of azo groups is 1. The maximum absolute atomic E-state index is 12.0. The van der Waals surface area contributed by atoms with Gasteiger partial charge < -0.3 is 28.6 Å². The monoisotopic (exact) mass is 875 g/mol. The summed E-state index contributed by atoms with van der Waals surface area (Å²) in [5.41, 5.74) is 6.71. The van der Waals surface area contributed by atoms with Crippen LogP contribution in [0.15, 0.2) is 84.1 Å². The van der Waals surface area contributed by atoms with Crippen molar-refractivity contribution in [2.75, 3.05) is 62.4 Å². The molecule has 342 valence electrons. The Morgan fingerprint density at radius 2 is 1.30 bits per heavy atom. The van der Waals surface area contributed by atoms with E-state index >= 15 is 0 Å². The van der Waals surface area contributed by atoms with E-state index in [0.717, 1.165) is 69.6 Å². The lowest BCUT2D eigenvalue weighted by molar-refractivity contribution is -0.393. The number of unbranched alkanes of at least 4 members (excludes halogenated alkanes) is 2. The first-order chi connectivity index (χ1) is 30.4. The number of rotatable bonds is 31. The number of esters is 2. The molecule has 0 aliphatic carbocycles. The van der Waals surface area contributed by atoms with Crippen LogP contribution in [0.25, 0.3) is 0 Å². The molecule has 0 aliphatic heterocycles. The lowest BCUT2D eigenvalue weighted by atomic mass is 10.0. The van der Waals surface area contributed by atoms with Crippen molar-refractivity contribution in [2.45, 2.75) is 79.1 Å². The lowest BCUT2D eigenvalue weighted by Crippen LogP contribution is -2.32. The number of carbonyl (C=O) groups is 2. The molecule has 0 bridgehead atoms. The van der Waals surface area contributed by atoms with E-state index in [1.165, 1.54) is 19.2 Å². The molecule has 0 radical (unpaired) electrons. The molecule has 63 heavy (non-hydrogen) atoms. The first-order valence-corrected chi connectivity index (χ1v) is 21.2. The maximum Gasteiger partial charge on any atom is 0.330 e. The zero-order valence-electron chi connectivity index (χ0n) is 37.0. The van der Waals surface area contributed by atoms with E-state index in [1.807, 2.05) is 4.90 Å². The van der Waals surface area contributed by atoms with Gasteiger partial charge in [-0.15, -0.1) is 10.2 Å². The first-order valence-electron chi connectivity index (χ1n) is 21.2. The average molecular weight is 876 g/mol. The van der Waals surface area contributed by atoms with E-state index in [0.29, 0.717) is 53.2 Å². The van der Waals surface area contributed by atoms with Crippen LogP contribution in [0.5, 0.6) is 17.2 Å². The van der Waals surface area contributed by atoms with Crippen molar-refractivity contribution in [3.63, 3.8) is 0 Å². The van der Waals surface area contributed by atoms with Crippen LogP contribution < -0.4 is 30.0 Å². The fourth-order valence-electron chi connectivity index (χ4n) is 6.25. The number of hydrogen-bond acceptors (Lipinski definition) is 16. The number of nitro benzene ring substituents is 2. The van der Waals surface area contributed by atoms with Crippen molar-refractivity contribution in [3.8, 4) is 17.2 Å². The third-order valence-electron chi connectivity index (χ3n) is 10.2. The van der Waals surface area contributed by atoms with Gasteiger partial charge in [0.25, 0.3) is 5.69 Å². The van der Waals surface area contributed by atoms with E-state index in [4.69, 9.17) is 23.7 Å². The number of benzene rings is 3. The summed E-state index contributed by atoms with van der Waals surface area (Å²) in [6.07, 6.45) is 9.99. The first kappa shape index (κ1) is 50.6. The van der Waals surface area contributed by atoms with Crippen LogP contribution in [0, 0.1) is 32.1 Å². The predicted molar refractivity (Wildman–Crippen MR) is 243 cm³/mol. The fraction of sp³-hybridized carbons (Fsp3) is 0.467. The van der Waals surface area contributed by atoms with Crippen molar-refractivity contribution >= 4 is 51.8 Å². The second kappa shape index (κ2) is 27.3. The molecule has 0 aliphatic rings. The number of carbonyl (C=O) groups excluding carboxylic acids is 2. The maximum atomic E-state index is 12.0. The van der Waals surface area contributed by atoms with Crippen molar-refractivity contribution in [3.05, 3.63) is 94.1 Å². The Labute approximate surface area is 368 Å². The molecule has 0 amide bonds. The summed E-state index contributed by atoms with van der Waals surface area (Å²) in [7, 11) is 1.49. The number of non-ortho nitro benzene ring substituents is 1. The van der Waals surface area contributed by atoms with Gasteiger partial charge in [-0.2, -0.15) is 0 Å². The molecule has 3 rings (SSSR count). The smallest absolute Gasteiger partial charge is 0.330 e. The van der Waals surface area contributed by atoms with Crippen molar-refractivity contribution in [2.24, 2.45) is 22.1 Å². The van der Waals surface area contributed by atoms with Crippen molar-refractivity contribution in [1.82, 2.24) is 0 Å². The zero-order valence-corrected chi connectivity index (χ0v) is 37.0. The highest BCUT2D eigenvalue weighted by atomic mass is 16.6. The second-order valence-corrected chi connectivity index (χ2v) is 14.5. The molecule has 3 aromatic rings. The number of nitrogens with one attached hydrogen (secondary N) is 2. The fourth-order valence-corrected chi connectivity index (χ4v) is 6.25. The normalized spacial score (nSPS) is 11.8. The number of nitro groups is 2. The number of methoxy groups -OCH3 is 1. The Kier molecular flexibility index (Phi) is 21.9. The molecule has 2 N–H and O–H groups in total. The Bertz CT molecular complexity index is 2000. The Morgan fingerprint density at radius 1 is 0.730 bits per heavy atom. The number of anilines is 3. The topological polar surface area (TPSA) is 219 Å². The molecule has 0 saturated heterocycles. The molecule has 0 heterocycles. The molecular weight excluding hydrogens is 815 g/mol. The quantitative estimate of drug-likeness (QED) is 0.0202. The number of hydrazine groups is 1. The predicted octanol–water partition coefficient (Wildman–Crippen LogP) is 10.8. The van der Waals surface area contributed by atoms with Crippen LogP contribution in [-0.4, -0.2) is 68.4 Å². The summed E-state index contributed by atoms with van der Waals surface area (Å²) in [6.45, 7) is 16.7. The van der Waals surface area contributed by atoms with Gasteiger partial charge in [0, 0.05) is 42.1 Å². The van der Waals surface area contributed by atoms with Gasteiger partial charge in [0.2, 0.25) is 0 Å². The SMILES string of the molecule is C=CC(=O)OCCN(CCOC(=O)C=C)c1ccc(N=Nc2cc(OCC(CC)CCCC)c(NNc3ccc([N+](=O)[O-])cc3[N+](=O)[O-])cc2OCC(CC)CCCC)c(OC)c1. The van der Waals surface area contributed by atoms with E-state index in [1.54, 1.807) is 30.3 Å². The minimum Gasteiger partial charge on any atom is -0.494 e. The van der Waals surface area contributed by atoms with Gasteiger partial charge in [-0.05, 0) is 42.9 Å². The van der Waals surface area contributed by atoms with E-state index in [-0.39, 0.29) is 43.8 Å². The van der Waals surface area contributed by atoms with Gasteiger partial charge in [-0.3, -0.25) is 31.1 Å². The standard InChI is InChI=1S/C45H61N7O11/c1-8-14-16-32(10-3)30-62-42-29-39(49-47-37-21-18-34(27-41(37)59-7)50(22-24-60-44(53)12-5)23-25-61-45(54)13-6)43(63-31-33(11-4)17-15-9-2)28-38(42)48-46-36-20-19-35(51(55)56)26-40(36)52(57)58/h12-13,18-21,26-29,32-33,46,48H,5-6,8-11,14-17,22-25,30-31H2,1-4,7H3. The molecule has 2 unspecified atom stereocenters. The van der Waals surface area contributed by atoms with Crippen molar-refractivity contribution in [1.29, 1.82) is 0 Å². The van der Waals surface area contributed by atoms with E-state index in [2.05, 4.69) is 61.9 Å². The minimum atomic E-state index is -0.701. The third-order valence-corrected chi connectivity index (χ3v) is 10.2. The van der Waals surface area contributed by atoms with Gasteiger partial charge in [0.1, 0.15) is 47.5 Å². The van der Waals surface area contributed by atoms with Gasteiger partial charge in [-0.1, -0.05) is 79.4 Å². The average Bonchev–Trinajstić information content (AvgIpc) is 3.29. The summed E-state index contributed by atoms with van der Waals surface area (Å²) in [4.78, 5) is 47.3. The molecule has 3 aromatic carbocycles. The van der Waals surface area contributed by atoms with Gasteiger partial charge >= 0.3 is 17.6 Å². The van der Waals surface area contributed by atoms with Crippen molar-refractivity contribution < 1.29 is 43.1 Å². The highest BCUT2D eigenvalue weighted by molar-refractivity contribution is 5.81. The third kappa shape index (κ3) is 16.6. The minimum absolute atomic E-state index is 0.00700. The number of hydrogen-bond donors (Lipinski definition) is 2. The summed E-state index contributed by atoms with van der Waals surface area (Å²) in [5.74, 6) is 0.435. The molecule has 0 fully saturated rings. The largest absolute Gasteiger partial charge is 0.494 e. The molecular formula is C45H61N7O11. The zero-order chi connectivity index (χ0) is 46.1. The highest BCUT2D eigenvalue weighted by Gasteiger charge is 2.22. The summed E-state index contributed by atoms with van der Waals surface area (Å²) < 4.78 is 29.1. The van der Waals surface area contributed by atoms with Crippen LogP contribution >= 0.6 is 0 Å².